The zero-order valence-electron chi connectivity index (χ0n) is 13.3. The number of hydrazone groups is 1. The lowest BCUT2D eigenvalue weighted by Gasteiger charge is -2.12. The summed E-state index contributed by atoms with van der Waals surface area (Å²) in [6.07, 6.45) is 1.72. The Hall–Kier alpha value is -2.11. The van der Waals surface area contributed by atoms with E-state index in [4.69, 9.17) is 23.8 Å². The van der Waals surface area contributed by atoms with E-state index in [-0.39, 0.29) is 0 Å². The summed E-state index contributed by atoms with van der Waals surface area (Å²) in [4.78, 5) is 2.05. The van der Waals surface area contributed by atoms with E-state index < -0.39 is 0 Å². The number of benzene rings is 2. The van der Waals surface area contributed by atoms with Crippen molar-refractivity contribution in [1.82, 2.24) is 5.43 Å². The fourth-order valence-corrected chi connectivity index (χ4v) is 2.33. The van der Waals surface area contributed by atoms with Crippen LogP contribution in [-0.4, -0.2) is 25.4 Å². The Morgan fingerprint density at radius 3 is 2.48 bits per heavy atom. The predicted octanol–water partition coefficient (Wildman–Crippen LogP) is 4.03. The molecule has 2 aromatic rings. The molecule has 0 heterocycles. The van der Waals surface area contributed by atoms with E-state index in [0.29, 0.717) is 10.1 Å². The van der Waals surface area contributed by atoms with Crippen molar-refractivity contribution in [2.24, 2.45) is 5.10 Å². The average Bonchev–Trinajstić information content (AvgIpc) is 2.50. The third kappa shape index (κ3) is 5.23. The maximum absolute atomic E-state index is 5.93. The van der Waals surface area contributed by atoms with Gasteiger partial charge in [-0.3, -0.25) is 5.43 Å². The number of thiocarbonyl (C=S) groups is 1. The Bertz CT molecular complexity index is 711. The van der Waals surface area contributed by atoms with E-state index in [2.05, 4.69) is 15.8 Å². The molecule has 0 bridgehead atoms. The van der Waals surface area contributed by atoms with E-state index in [9.17, 15) is 0 Å². The van der Waals surface area contributed by atoms with Crippen LogP contribution in [0.5, 0.6) is 0 Å². The van der Waals surface area contributed by atoms with Crippen LogP contribution in [0.15, 0.2) is 47.6 Å². The van der Waals surface area contributed by atoms with Crippen LogP contribution in [0.2, 0.25) is 5.02 Å². The fourth-order valence-electron chi connectivity index (χ4n) is 1.94. The number of nitrogens with zero attached hydrogens (tertiary/aromatic N) is 2. The molecule has 0 spiro atoms. The molecule has 23 heavy (non-hydrogen) atoms. The smallest absolute Gasteiger partial charge is 0.191 e. The van der Waals surface area contributed by atoms with E-state index >= 15 is 0 Å². The van der Waals surface area contributed by atoms with Crippen LogP contribution in [-0.2, 0) is 0 Å². The van der Waals surface area contributed by atoms with E-state index in [0.717, 1.165) is 22.5 Å². The molecule has 0 unspecified atom stereocenters. The van der Waals surface area contributed by atoms with E-state index in [1.807, 2.05) is 68.4 Å². The molecule has 0 aromatic heterocycles. The molecule has 0 aliphatic heterocycles. The molecule has 0 atom stereocenters. The molecule has 0 amide bonds. The molecule has 4 nitrogen and oxygen atoms in total. The standard InChI is InChI=1S/C17H19ClN4S/c1-12-10-14(18)6-9-16(12)20-17(23)21-19-11-13-4-7-15(8-5-13)22(2)3/h4-11H,1-3H3,(H2,20,21,23). The molecule has 0 fully saturated rings. The number of rotatable bonds is 4. The van der Waals surface area contributed by atoms with E-state index in [1.54, 1.807) is 6.21 Å². The Kier molecular flexibility index (Phi) is 5.96. The second-order valence-corrected chi connectivity index (χ2v) is 6.11. The molecule has 6 heteroatoms. The van der Waals surface area contributed by atoms with Crippen molar-refractivity contribution >= 4 is 46.5 Å². The number of nitrogens with one attached hydrogen (secondary N) is 2. The van der Waals surface area contributed by atoms with Gasteiger partial charge in [0.05, 0.1) is 6.21 Å². The summed E-state index contributed by atoms with van der Waals surface area (Å²) in [5, 5.41) is 8.36. The minimum absolute atomic E-state index is 0.427. The maximum Gasteiger partial charge on any atom is 0.191 e. The SMILES string of the molecule is Cc1cc(Cl)ccc1NC(=S)NN=Cc1ccc(N(C)C)cc1. The molecule has 0 aliphatic carbocycles. The summed E-state index contributed by atoms with van der Waals surface area (Å²) in [5.41, 5.74) is 6.86. The first-order chi connectivity index (χ1) is 11.0. The van der Waals surface area contributed by atoms with Gasteiger partial charge in [-0.05, 0) is 60.6 Å². The van der Waals surface area contributed by atoms with Gasteiger partial charge in [-0.1, -0.05) is 23.7 Å². The van der Waals surface area contributed by atoms with E-state index in [1.165, 1.54) is 0 Å². The van der Waals surface area contributed by atoms with Crippen LogP contribution >= 0.6 is 23.8 Å². The van der Waals surface area contributed by atoms with Crippen molar-refractivity contribution in [1.29, 1.82) is 0 Å². The molecule has 120 valence electrons. The largest absolute Gasteiger partial charge is 0.378 e. The summed E-state index contributed by atoms with van der Waals surface area (Å²) in [6, 6.07) is 13.6. The fraction of sp³-hybridized carbons (Fsp3) is 0.176. The maximum atomic E-state index is 5.93. The van der Waals surface area contributed by atoms with Crippen LogP contribution < -0.4 is 15.6 Å². The Balaban J connectivity index is 1.90. The Morgan fingerprint density at radius 2 is 1.87 bits per heavy atom. The monoisotopic (exact) mass is 346 g/mol. The molecule has 2 rings (SSSR count). The first kappa shape index (κ1) is 17.2. The number of hydrogen-bond acceptors (Lipinski definition) is 3. The normalized spacial score (nSPS) is 10.6. The molecule has 0 radical (unpaired) electrons. The molecule has 2 aromatic carbocycles. The molecule has 0 saturated heterocycles. The molecule has 2 N–H and O–H groups in total. The number of halogens is 1. The van der Waals surface area contributed by atoms with Gasteiger partial charge in [0.15, 0.2) is 5.11 Å². The Labute approximate surface area is 147 Å². The quantitative estimate of drug-likeness (QED) is 0.498. The topological polar surface area (TPSA) is 39.7 Å². The van der Waals surface area contributed by atoms with Gasteiger partial charge in [-0.15, -0.1) is 0 Å². The Morgan fingerprint density at radius 1 is 1.17 bits per heavy atom. The van der Waals surface area contributed by atoms with Gasteiger partial charge in [0.1, 0.15) is 0 Å². The van der Waals surface area contributed by atoms with Gasteiger partial charge >= 0.3 is 0 Å². The van der Waals surface area contributed by atoms with Gasteiger partial charge in [0.2, 0.25) is 0 Å². The van der Waals surface area contributed by atoms with Crippen molar-refractivity contribution in [2.45, 2.75) is 6.92 Å². The number of aryl methyl sites for hydroxylation is 1. The van der Waals surface area contributed by atoms with Crippen molar-refractivity contribution in [3.63, 3.8) is 0 Å². The highest BCUT2D eigenvalue weighted by Gasteiger charge is 2.01. The highest BCUT2D eigenvalue weighted by molar-refractivity contribution is 7.80. The second kappa shape index (κ2) is 7.94. The van der Waals surface area contributed by atoms with Crippen LogP contribution in [0.3, 0.4) is 0 Å². The van der Waals surface area contributed by atoms with Gasteiger partial charge < -0.3 is 10.2 Å². The molecular formula is C17H19ClN4S. The van der Waals surface area contributed by atoms with Crippen molar-refractivity contribution in [3.05, 3.63) is 58.6 Å². The van der Waals surface area contributed by atoms with Crippen LogP contribution in [0, 0.1) is 6.92 Å². The third-order valence-corrected chi connectivity index (χ3v) is 3.65. The highest BCUT2D eigenvalue weighted by atomic mass is 35.5. The number of anilines is 2. The lowest BCUT2D eigenvalue weighted by Crippen LogP contribution is -2.24. The first-order valence-electron chi connectivity index (χ1n) is 7.09. The zero-order chi connectivity index (χ0) is 16.8. The van der Waals surface area contributed by atoms with Crippen molar-refractivity contribution < 1.29 is 0 Å². The third-order valence-electron chi connectivity index (χ3n) is 3.23. The van der Waals surface area contributed by atoms with Crippen LogP contribution in [0.1, 0.15) is 11.1 Å². The summed E-state index contributed by atoms with van der Waals surface area (Å²) < 4.78 is 0. The van der Waals surface area contributed by atoms with Crippen molar-refractivity contribution in [2.75, 3.05) is 24.3 Å². The van der Waals surface area contributed by atoms with Gasteiger partial charge in [-0.2, -0.15) is 5.10 Å². The summed E-state index contributed by atoms with van der Waals surface area (Å²) in [6.45, 7) is 1.96. The second-order valence-electron chi connectivity index (χ2n) is 5.27. The lowest BCUT2D eigenvalue weighted by atomic mass is 10.2. The lowest BCUT2D eigenvalue weighted by molar-refractivity contribution is 1.05. The van der Waals surface area contributed by atoms with Crippen LogP contribution in [0.25, 0.3) is 0 Å². The molecule has 0 aliphatic rings. The number of hydrogen-bond donors (Lipinski definition) is 2. The highest BCUT2D eigenvalue weighted by Crippen LogP contribution is 2.19. The zero-order valence-corrected chi connectivity index (χ0v) is 14.9. The predicted molar refractivity (Wildman–Crippen MR) is 104 cm³/mol. The average molecular weight is 347 g/mol. The first-order valence-corrected chi connectivity index (χ1v) is 7.88. The minimum Gasteiger partial charge on any atom is -0.378 e. The summed E-state index contributed by atoms with van der Waals surface area (Å²) in [7, 11) is 4.01. The van der Waals surface area contributed by atoms with Crippen molar-refractivity contribution in [3.8, 4) is 0 Å². The molecule has 0 saturated carbocycles. The summed E-state index contributed by atoms with van der Waals surface area (Å²) >= 11 is 11.2. The van der Waals surface area contributed by atoms with Gasteiger partial charge in [-0.25, -0.2) is 0 Å². The van der Waals surface area contributed by atoms with Gasteiger partial charge in [0, 0.05) is 30.5 Å². The molecular weight excluding hydrogens is 328 g/mol. The summed E-state index contributed by atoms with van der Waals surface area (Å²) in [5.74, 6) is 0. The van der Waals surface area contributed by atoms with Crippen LogP contribution in [0.4, 0.5) is 11.4 Å². The minimum atomic E-state index is 0.427. The van der Waals surface area contributed by atoms with Gasteiger partial charge in [0.25, 0.3) is 0 Å².